The van der Waals surface area contributed by atoms with Gasteiger partial charge < -0.3 is 9.84 Å². The molecule has 106 valence electrons. The van der Waals surface area contributed by atoms with Crippen molar-refractivity contribution >= 4 is 5.69 Å². The number of nitro benzene ring substituents is 1. The molecule has 0 aliphatic carbocycles. The number of aryl methyl sites for hydroxylation is 1. The van der Waals surface area contributed by atoms with E-state index in [1.165, 1.54) is 12.1 Å². The van der Waals surface area contributed by atoms with Gasteiger partial charge in [-0.2, -0.15) is 4.98 Å². The predicted molar refractivity (Wildman–Crippen MR) is 73.4 cm³/mol. The predicted octanol–water partition coefficient (Wildman–Crippen LogP) is 2.10. The van der Waals surface area contributed by atoms with Crippen molar-refractivity contribution in [2.45, 2.75) is 26.3 Å². The Bertz CT molecular complexity index is 624. The zero-order chi connectivity index (χ0) is 14.7. The molecule has 7 heteroatoms. The molecule has 1 heterocycles. The van der Waals surface area contributed by atoms with Gasteiger partial charge in [-0.05, 0) is 26.5 Å². The van der Waals surface area contributed by atoms with E-state index in [4.69, 9.17) is 4.52 Å². The lowest BCUT2D eigenvalue weighted by Gasteiger charge is -2.04. The van der Waals surface area contributed by atoms with Crippen LogP contribution in [0.4, 0.5) is 5.69 Å². The van der Waals surface area contributed by atoms with E-state index < -0.39 is 4.92 Å². The molecule has 1 N–H and O–H groups in total. The van der Waals surface area contributed by atoms with Crippen LogP contribution in [0, 0.1) is 17.0 Å². The van der Waals surface area contributed by atoms with Crippen LogP contribution in [0.5, 0.6) is 0 Å². The molecule has 0 radical (unpaired) electrons. The van der Waals surface area contributed by atoms with Crippen LogP contribution in [0.15, 0.2) is 22.7 Å². The summed E-state index contributed by atoms with van der Waals surface area (Å²) in [6.07, 6.45) is 0.609. The Labute approximate surface area is 116 Å². The molecule has 20 heavy (non-hydrogen) atoms. The molecule has 0 saturated carbocycles. The molecule has 1 atom stereocenters. The summed E-state index contributed by atoms with van der Waals surface area (Å²) in [6, 6.07) is 4.82. The van der Waals surface area contributed by atoms with Gasteiger partial charge in [0.25, 0.3) is 5.69 Å². The van der Waals surface area contributed by atoms with Gasteiger partial charge in [-0.1, -0.05) is 11.2 Å². The average Bonchev–Trinajstić information content (AvgIpc) is 2.87. The number of aromatic nitrogens is 2. The molecule has 0 bridgehead atoms. The number of nitrogens with zero attached hydrogens (tertiary/aromatic N) is 3. The Morgan fingerprint density at radius 2 is 2.25 bits per heavy atom. The molecule has 0 aliphatic rings. The summed E-state index contributed by atoms with van der Waals surface area (Å²) in [4.78, 5) is 14.7. The van der Waals surface area contributed by atoms with Crippen molar-refractivity contribution in [3.63, 3.8) is 0 Å². The Morgan fingerprint density at radius 1 is 1.50 bits per heavy atom. The molecular weight excluding hydrogens is 260 g/mol. The van der Waals surface area contributed by atoms with Crippen LogP contribution in [0.3, 0.4) is 0 Å². The largest absolute Gasteiger partial charge is 0.339 e. The number of nitrogens with one attached hydrogen (secondary N) is 1. The summed E-state index contributed by atoms with van der Waals surface area (Å²) >= 11 is 0. The lowest BCUT2D eigenvalue weighted by molar-refractivity contribution is -0.384. The van der Waals surface area contributed by atoms with Crippen molar-refractivity contribution in [2.75, 3.05) is 7.05 Å². The number of hydrogen-bond acceptors (Lipinski definition) is 6. The summed E-state index contributed by atoms with van der Waals surface area (Å²) in [5, 5.41) is 17.8. The lowest BCUT2D eigenvalue weighted by atomic mass is 10.1. The third-order valence-corrected chi connectivity index (χ3v) is 3.11. The number of likely N-dealkylation sites (N-methyl/N-ethyl adjacent to an activating group) is 1. The van der Waals surface area contributed by atoms with E-state index in [9.17, 15) is 10.1 Å². The molecule has 2 rings (SSSR count). The Hall–Kier alpha value is -2.28. The topological polar surface area (TPSA) is 94.1 Å². The first-order valence-electron chi connectivity index (χ1n) is 6.26. The van der Waals surface area contributed by atoms with Crippen LogP contribution in [0.1, 0.15) is 18.4 Å². The number of rotatable bonds is 5. The molecular formula is C13H16N4O3. The first-order chi connectivity index (χ1) is 9.51. The maximum atomic E-state index is 10.8. The fourth-order valence-corrected chi connectivity index (χ4v) is 1.78. The van der Waals surface area contributed by atoms with Crippen LogP contribution in [-0.2, 0) is 6.42 Å². The van der Waals surface area contributed by atoms with Gasteiger partial charge in [0.05, 0.1) is 4.92 Å². The average molecular weight is 276 g/mol. The minimum atomic E-state index is -0.437. The van der Waals surface area contributed by atoms with Crippen molar-refractivity contribution in [2.24, 2.45) is 0 Å². The summed E-state index contributed by atoms with van der Waals surface area (Å²) in [7, 11) is 1.85. The first kappa shape index (κ1) is 14.1. The highest BCUT2D eigenvalue weighted by atomic mass is 16.6. The summed E-state index contributed by atoms with van der Waals surface area (Å²) in [5.41, 5.74) is 1.50. The second-order valence-electron chi connectivity index (χ2n) is 4.66. The lowest BCUT2D eigenvalue weighted by Crippen LogP contribution is -2.23. The number of nitro groups is 1. The third kappa shape index (κ3) is 3.00. The van der Waals surface area contributed by atoms with Gasteiger partial charge in [0.2, 0.25) is 11.7 Å². The van der Waals surface area contributed by atoms with Gasteiger partial charge in [-0.3, -0.25) is 10.1 Å². The van der Waals surface area contributed by atoms with Crippen LogP contribution in [0.25, 0.3) is 11.4 Å². The highest BCUT2D eigenvalue weighted by Crippen LogP contribution is 2.25. The molecule has 0 spiro atoms. The molecule has 1 aromatic carbocycles. The van der Waals surface area contributed by atoms with Crippen molar-refractivity contribution in [1.82, 2.24) is 15.5 Å². The Morgan fingerprint density at radius 3 is 2.90 bits per heavy atom. The highest BCUT2D eigenvalue weighted by molar-refractivity contribution is 5.63. The number of non-ortho nitro benzene ring substituents is 1. The van der Waals surface area contributed by atoms with Gasteiger partial charge >= 0.3 is 0 Å². The smallest absolute Gasteiger partial charge is 0.270 e. The summed E-state index contributed by atoms with van der Waals surface area (Å²) in [6.45, 7) is 3.85. The van der Waals surface area contributed by atoms with Gasteiger partial charge in [0, 0.05) is 30.2 Å². The second-order valence-corrected chi connectivity index (χ2v) is 4.66. The number of hydrogen-bond donors (Lipinski definition) is 1. The van der Waals surface area contributed by atoms with Crippen LogP contribution in [0.2, 0.25) is 0 Å². The molecule has 0 amide bonds. The standard InChI is InChI=1S/C13H16N4O3/c1-8-4-5-10(17(18)19)7-11(8)13-15-12(20-16-13)6-9(2)14-3/h4-5,7,9,14H,6H2,1-3H3. The fourth-order valence-electron chi connectivity index (χ4n) is 1.78. The molecule has 7 nitrogen and oxygen atoms in total. The van der Waals surface area contributed by atoms with E-state index in [-0.39, 0.29) is 11.7 Å². The normalized spacial score (nSPS) is 12.3. The van der Waals surface area contributed by atoms with Gasteiger partial charge in [0.1, 0.15) is 0 Å². The third-order valence-electron chi connectivity index (χ3n) is 3.11. The van der Waals surface area contributed by atoms with E-state index in [1.54, 1.807) is 6.07 Å². The van der Waals surface area contributed by atoms with Crippen LogP contribution in [-0.4, -0.2) is 28.2 Å². The maximum Gasteiger partial charge on any atom is 0.270 e. The molecule has 2 aromatic rings. The van der Waals surface area contributed by atoms with Crippen LogP contribution >= 0.6 is 0 Å². The van der Waals surface area contributed by atoms with E-state index in [0.717, 1.165) is 5.56 Å². The van der Waals surface area contributed by atoms with Crippen molar-refractivity contribution in [3.8, 4) is 11.4 Å². The van der Waals surface area contributed by atoms with E-state index in [0.29, 0.717) is 23.7 Å². The Kier molecular flexibility index (Phi) is 4.09. The minimum Gasteiger partial charge on any atom is -0.339 e. The quantitative estimate of drug-likeness (QED) is 0.664. The summed E-state index contributed by atoms with van der Waals surface area (Å²) in [5.74, 6) is 0.886. The SMILES string of the molecule is CNC(C)Cc1nc(-c2cc([N+](=O)[O-])ccc2C)no1. The van der Waals surface area contributed by atoms with E-state index in [2.05, 4.69) is 15.5 Å². The molecule has 1 unspecified atom stereocenters. The molecule has 0 fully saturated rings. The van der Waals surface area contributed by atoms with Gasteiger partial charge in [0.15, 0.2) is 0 Å². The maximum absolute atomic E-state index is 10.8. The highest BCUT2D eigenvalue weighted by Gasteiger charge is 2.16. The second kappa shape index (κ2) is 5.79. The molecule has 0 aliphatic heterocycles. The van der Waals surface area contributed by atoms with Crippen molar-refractivity contribution < 1.29 is 9.45 Å². The minimum absolute atomic E-state index is 0.0144. The van der Waals surface area contributed by atoms with Gasteiger partial charge in [-0.25, -0.2) is 0 Å². The first-order valence-corrected chi connectivity index (χ1v) is 6.26. The van der Waals surface area contributed by atoms with Crippen molar-refractivity contribution in [1.29, 1.82) is 0 Å². The van der Waals surface area contributed by atoms with E-state index >= 15 is 0 Å². The van der Waals surface area contributed by atoms with E-state index in [1.807, 2.05) is 20.9 Å². The molecule has 1 aromatic heterocycles. The Balaban J connectivity index is 2.32. The monoisotopic (exact) mass is 276 g/mol. The van der Waals surface area contributed by atoms with Gasteiger partial charge in [-0.15, -0.1) is 0 Å². The van der Waals surface area contributed by atoms with Crippen molar-refractivity contribution in [3.05, 3.63) is 39.8 Å². The van der Waals surface area contributed by atoms with Crippen LogP contribution < -0.4 is 5.32 Å². The summed E-state index contributed by atoms with van der Waals surface area (Å²) < 4.78 is 5.18. The molecule has 0 saturated heterocycles. The zero-order valence-corrected chi connectivity index (χ0v) is 11.6. The zero-order valence-electron chi connectivity index (χ0n) is 11.6. The fraction of sp³-hybridized carbons (Fsp3) is 0.385. The number of benzene rings is 1.